The summed E-state index contributed by atoms with van der Waals surface area (Å²) in [4.78, 5) is 19.1. The zero-order valence-electron chi connectivity index (χ0n) is 6.54. The Labute approximate surface area is 74.1 Å². The summed E-state index contributed by atoms with van der Waals surface area (Å²) in [5, 5.41) is 15.6. The van der Waals surface area contributed by atoms with Gasteiger partial charge in [0.2, 0.25) is 0 Å². The Morgan fingerprint density at radius 2 is 1.23 bits per heavy atom. The lowest BCUT2D eigenvalue weighted by atomic mass is 10.5. The number of hydrogen-bond acceptors (Lipinski definition) is 4. The van der Waals surface area contributed by atoms with E-state index in [2.05, 4.69) is 0 Å². The molecule has 0 aromatic rings. The van der Waals surface area contributed by atoms with Gasteiger partial charge in [0.05, 0.1) is 6.26 Å². The van der Waals surface area contributed by atoms with E-state index in [0.717, 1.165) is 0 Å². The fraction of sp³-hybridized carbons (Fsp3) is 0.200. The van der Waals surface area contributed by atoms with Crippen LogP contribution < -0.4 is 0 Å². The Morgan fingerprint density at radius 3 is 1.31 bits per heavy atom. The van der Waals surface area contributed by atoms with Crippen LogP contribution in [0.3, 0.4) is 0 Å². The standard InChI is InChI=1S/C4H4O4.CH4O3S/c5-3(6)1-2-4(7)8;1-5(2,3)4/h1-2H,(H,5,6)(H,7,8);1H3,(H,2,3,4). The van der Waals surface area contributed by atoms with E-state index in [9.17, 15) is 18.0 Å². The molecule has 76 valence electrons. The molecule has 0 saturated heterocycles. The van der Waals surface area contributed by atoms with Gasteiger partial charge in [-0.2, -0.15) is 8.42 Å². The largest absolute Gasteiger partial charge is 0.478 e. The molecule has 0 radical (unpaired) electrons. The van der Waals surface area contributed by atoms with Crippen LogP contribution in [0, 0.1) is 0 Å². The highest BCUT2D eigenvalue weighted by atomic mass is 32.2. The number of carbonyl (C=O) groups is 2. The molecule has 0 aliphatic heterocycles. The summed E-state index contributed by atoms with van der Waals surface area (Å²) in [5.74, 6) is -2.51. The molecular weight excluding hydrogens is 204 g/mol. The van der Waals surface area contributed by atoms with Crippen molar-refractivity contribution in [1.29, 1.82) is 0 Å². The second-order valence-corrected chi connectivity index (χ2v) is 3.21. The van der Waals surface area contributed by atoms with E-state index < -0.39 is 22.1 Å². The predicted octanol–water partition coefficient (Wildman–Crippen LogP) is -0.784. The van der Waals surface area contributed by atoms with Crippen molar-refractivity contribution in [3.8, 4) is 0 Å². The molecule has 0 bridgehead atoms. The number of carboxylic acids is 2. The van der Waals surface area contributed by atoms with Gasteiger partial charge in [-0.1, -0.05) is 0 Å². The van der Waals surface area contributed by atoms with Crippen LogP contribution in [0.2, 0.25) is 0 Å². The van der Waals surface area contributed by atoms with Gasteiger partial charge in [0, 0.05) is 12.2 Å². The molecule has 0 rings (SSSR count). The summed E-state index contributed by atoms with van der Waals surface area (Å²) in [7, 11) is -3.67. The number of rotatable bonds is 2. The first kappa shape index (κ1) is 14.1. The molecule has 13 heavy (non-hydrogen) atoms. The SMILES string of the molecule is CS(=O)(=O)O.O=C(O)C=CC(=O)O. The minimum absolute atomic E-state index is 0.558. The molecule has 0 spiro atoms. The van der Waals surface area contributed by atoms with Crippen LogP contribution in [-0.4, -0.2) is 41.4 Å². The lowest BCUT2D eigenvalue weighted by Crippen LogP contribution is -1.91. The molecule has 7 nitrogen and oxygen atoms in total. The predicted molar refractivity (Wildman–Crippen MR) is 41.9 cm³/mol. The lowest BCUT2D eigenvalue weighted by Gasteiger charge is -1.74. The lowest BCUT2D eigenvalue weighted by molar-refractivity contribution is -0.134. The average Bonchev–Trinajstić information content (AvgIpc) is 1.79. The summed E-state index contributed by atoms with van der Waals surface area (Å²) in [6.45, 7) is 0. The second-order valence-electron chi connectivity index (χ2n) is 1.74. The normalized spacial score (nSPS) is 10.3. The fourth-order valence-electron chi connectivity index (χ4n) is 0.143. The van der Waals surface area contributed by atoms with Crippen molar-refractivity contribution in [3.63, 3.8) is 0 Å². The highest BCUT2D eigenvalue weighted by molar-refractivity contribution is 7.85. The first-order valence-electron chi connectivity index (χ1n) is 2.69. The maximum absolute atomic E-state index is 9.55. The maximum Gasteiger partial charge on any atom is 0.328 e. The maximum atomic E-state index is 9.55. The van der Waals surface area contributed by atoms with E-state index in [1.165, 1.54) is 0 Å². The van der Waals surface area contributed by atoms with E-state index >= 15 is 0 Å². The number of aliphatic carboxylic acids is 2. The van der Waals surface area contributed by atoms with Crippen LogP contribution in [-0.2, 0) is 19.7 Å². The molecule has 3 N–H and O–H groups in total. The molecule has 0 aromatic carbocycles. The van der Waals surface area contributed by atoms with Gasteiger partial charge in [0.25, 0.3) is 10.1 Å². The van der Waals surface area contributed by atoms with Crippen molar-refractivity contribution >= 4 is 22.1 Å². The molecule has 0 atom stereocenters. The van der Waals surface area contributed by atoms with Crippen LogP contribution in [0.1, 0.15) is 0 Å². The third kappa shape index (κ3) is 60.6. The zero-order chi connectivity index (χ0) is 11.1. The average molecular weight is 212 g/mol. The molecule has 0 saturated carbocycles. The Balaban J connectivity index is 0. The minimum atomic E-state index is -3.67. The van der Waals surface area contributed by atoms with Crippen LogP contribution in [0.4, 0.5) is 0 Å². The van der Waals surface area contributed by atoms with Gasteiger partial charge in [0.1, 0.15) is 0 Å². The summed E-state index contributed by atoms with van der Waals surface area (Å²) in [6, 6.07) is 0. The van der Waals surface area contributed by atoms with Crippen molar-refractivity contribution in [2.45, 2.75) is 0 Å². The van der Waals surface area contributed by atoms with Gasteiger partial charge in [0.15, 0.2) is 0 Å². The minimum Gasteiger partial charge on any atom is -0.478 e. The topological polar surface area (TPSA) is 129 Å². The van der Waals surface area contributed by atoms with E-state index in [4.69, 9.17) is 14.8 Å². The van der Waals surface area contributed by atoms with Gasteiger partial charge in [-0.05, 0) is 0 Å². The van der Waals surface area contributed by atoms with Crippen molar-refractivity contribution in [2.24, 2.45) is 0 Å². The quantitative estimate of drug-likeness (QED) is 0.404. The molecule has 0 amide bonds. The van der Waals surface area contributed by atoms with Crippen molar-refractivity contribution in [1.82, 2.24) is 0 Å². The Hall–Kier alpha value is -1.41. The van der Waals surface area contributed by atoms with Crippen LogP contribution in [0.5, 0.6) is 0 Å². The van der Waals surface area contributed by atoms with Gasteiger partial charge in [-0.3, -0.25) is 4.55 Å². The zero-order valence-corrected chi connectivity index (χ0v) is 7.35. The Bertz CT molecular complexity index is 275. The molecular formula is C5H8O7S. The molecule has 0 unspecified atom stereocenters. The van der Waals surface area contributed by atoms with Gasteiger partial charge in [-0.15, -0.1) is 0 Å². The van der Waals surface area contributed by atoms with Gasteiger partial charge >= 0.3 is 11.9 Å². The molecule has 8 heteroatoms. The van der Waals surface area contributed by atoms with Gasteiger partial charge < -0.3 is 10.2 Å². The summed E-state index contributed by atoms with van der Waals surface area (Å²) in [6.07, 6.45) is 1.83. The molecule has 0 aromatic heterocycles. The highest BCUT2D eigenvalue weighted by Gasteiger charge is 1.88. The smallest absolute Gasteiger partial charge is 0.328 e. The van der Waals surface area contributed by atoms with Gasteiger partial charge in [-0.25, -0.2) is 9.59 Å². The van der Waals surface area contributed by atoms with Crippen LogP contribution in [0.15, 0.2) is 12.2 Å². The van der Waals surface area contributed by atoms with E-state index in [0.29, 0.717) is 18.4 Å². The Morgan fingerprint density at radius 1 is 1.08 bits per heavy atom. The monoisotopic (exact) mass is 212 g/mol. The number of carboxylic acid groups (broad SMARTS) is 2. The van der Waals surface area contributed by atoms with Crippen molar-refractivity contribution in [3.05, 3.63) is 12.2 Å². The first-order chi connectivity index (χ1) is 5.63. The van der Waals surface area contributed by atoms with Crippen LogP contribution in [0.25, 0.3) is 0 Å². The molecule has 0 heterocycles. The summed E-state index contributed by atoms with van der Waals surface area (Å²) < 4.78 is 25.9. The fourth-order valence-corrected chi connectivity index (χ4v) is 0.143. The third-order valence-electron chi connectivity index (χ3n) is 0.368. The first-order valence-corrected chi connectivity index (χ1v) is 4.54. The van der Waals surface area contributed by atoms with Crippen molar-refractivity contribution < 1.29 is 32.8 Å². The van der Waals surface area contributed by atoms with E-state index in [1.807, 2.05) is 0 Å². The van der Waals surface area contributed by atoms with E-state index in [-0.39, 0.29) is 0 Å². The Kier molecular flexibility index (Phi) is 6.68. The molecule has 0 aliphatic carbocycles. The third-order valence-corrected chi connectivity index (χ3v) is 0.368. The highest BCUT2D eigenvalue weighted by Crippen LogP contribution is 1.70. The van der Waals surface area contributed by atoms with Crippen molar-refractivity contribution in [2.75, 3.05) is 6.26 Å². The second kappa shape index (κ2) is 6.14. The molecule has 0 aliphatic rings. The summed E-state index contributed by atoms with van der Waals surface area (Å²) in [5.41, 5.74) is 0. The summed E-state index contributed by atoms with van der Waals surface area (Å²) >= 11 is 0. The number of hydrogen-bond donors (Lipinski definition) is 3. The van der Waals surface area contributed by atoms with Crippen LogP contribution >= 0.6 is 0 Å². The van der Waals surface area contributed by atoms with E-state index in [1.54, 1.807) is 0 Å². The molecule has 0 fully saturated rings.